The van der Waals surface area contributed by atoms with Crippen LogP contribution in [0.5, 0.6) is 5.75 Å². The number of hydrogen-bond acceptors (Lipinski definition) is 3. The van der Waals surface area contributed by atoms with E-state index in [2.05, 4.69) is 58.9 Å². The summed E-state index contributed by atoms with van der Waals surface area (Å²) in [5.41, 5.74) is 4.83. The molecule has 2 aromatic carbocycles. The third-order valence-corrected chi connectivity index (χ3v) is 4.30. The summed E-state index contributed by atoms with van der Waals surface area (Å²) >= 11 is 0. The molecule has 0 bridgehead atoms. The number of nitrogens with one attached hydrogen (secondary N) is 2. The number of guanidine groups is 1. The van der Waals surface area contributed by atoms with Crippen LogP contribution in [-0.4, -0.2) is 33.3 Å². The van der Waals surface area contributed by atoms with Crippen LogP contribution in [0.2, 0.25) is 0 Å². The highest BCUT2D eigenvalue weighted by Crippen LogP contribution is 2.19. The lowest BCUT2D eigenvalue weighted by molar-refractivity contribution is 0.134. The predicted molar refractivity (Wildman–Crippen MR) is 111 cm³/mol. The molecular formula is C22H31N3O2. The van der Waals surface area contributed by atoms with E-state index < -0.39 is 0 Å². The smallest absolute Gasteiger partial charge is 0.191 e. The average molecular weight is 370 g/mol. The molecule has 2 aromatic rings. The van der Waals surface area contributed by atoms with Gasteiger partial charge in [0.15, 0.2) is 5.96 Å². The van der Waals surface area contributed by atoms with Crippen molar-refractivity contribution < 1.29 is 9.47 Å². The lowest BCUT2D eigenvalue weighted by Crippen LogP contribution is -2.37. The Bertz CT molecular complexity index is 727. The zero-order chi connectivity index (χ0) is 19.5. The molecule has 2 N–H and O–H groups in total. The van der Waals surface area contributed by atoms with Crippen molar-refractivity contribution in [3.05, 3.63) is 64.7 Å². The van der Waals surface area contributed by atoms with Crippen LogP contribution in [0, 0.1) is 6.92 Å². The van der Waals surface area contributed by atoms with Crippen LogP contribution in [0.3, 0.4) is 0 Å². The van der Waals surface area contributed by atoms with Crippen LogP contribution in [0.25, 0.3) is 0 Å². The van der Waals surface area contributed by atoms with Crippen LogP contribution in [-0.2, 0) is 24.3 Å². The lowest BCUT2D eigenvalue weighted by atomic mass is 10.1. The van der Waals surface area contributed by atoms with Gasteiger partial charge in [0.1, 0.15) is 5.75 Å². The molecule has 0 aliphatic heterocycles. The summed E-state index contributed by atoms with van der Waals surface area (Å²) in [5, 5.41) is 6.71. The summed E-state index contributed by atoms with van der Waals surface area (Å²) in [6.45, 7) is 7.01. The molecule has 5 nitrogen and oxygen atoms in total. The van der Waals surface area contributed by atoms with Crippen LogP contribution in [0.4, 0.5) is 0 Å². The maximum Gasteiger partial charge on any atom is 0.191 e. The van der Waals surface area contributed by atoms with E-state index in [1.807, 2.05) is 13.0 Å². The Morgan fingerprint density at radius 1 is 1.04 bits per heavy atom. The summed E-state index contributed by atoms with van der Waals surface area (Å²) < 4.78 is 10.9. The first-order valence-electron chi connectivity index (χ1n) is 9.39. The first-order chi connectivity index (χ1) is 13.2. The lowest BCUT2D eigenvalue weighted by Gasteiger charge is -2.14. The molecule has 0 atom stereocenters. The molecule has 0 fully saturated rings. The van der Waals surface area contributed by atoms with Crippen molar-refractivity contribution in [1.82, 2.24) is 10.6 Å². The van der Waals surface area contributed by atoms with E-state index in [1.54, 1.807) is 14.2 Å². The van der Waals surface area contributed by atoms with Gasteiger partial charge in [0.05, 0.1) is 13.7 Å². The molecule has 0 saturated heterocycles. The number of nitrogens with zero attached hydrogens (tertiary/aromatic N) is 1. The minimum Gasteiger partial charge on any atom is -0.496 e. The fourth-order valence-corrected chi connectivity index (χ4v) is 2.80. The fourth-order valence-electron chi connectivity index (χ4n) is 2.80. The number of rotatable bonds is 9. The monoisotopic (exact) mass is 369 g/mol. The van der Waals surface area contributed by atoms with E-state index in [1.165, 1.54) is 22.3 Å². The molecule has 0 radical (unpaired) electrons. The largest absolute Gasteiger partial charge is 0.496 e. The average Bonchev–Trinajstić information content (AvgIpc) is 2.70. The van der Waals surface area contributed by atoms with E-state index in [-0.39, 0.29) is 0 Å². The normalized spacial score (nSPS) is 11.3. The number of methoxy groups -OCH3 is 1. The fraction of sp³-hybridized carbons (Fsp3) is 0.409. The van der Waals surface area contributed by atoms with Crippen LogP contribution in [0.15, 0.2) is 47.5 Å². The number of aliphatic imine (C=N–C) groups is 1. The first kappa shape index (κ1) is 20.8. The summed E-state index contributed by atoms with van der Waals surface area (Å²) in [6, 6.07) is 14.7. The zero-order valence-corrected chi connectivity index (χ0v) is 16.8. The zero-order valence-electron chi connectivity index (χ0n) is 16.8. The molecular weight excluding hydrogens is 338 g/mol. The number of benzene rings is 2. The molecule has 0 unspecified atom stereocenters. The minimum atomic E-state index is 0.663. The molecule has 5 heteroatoms. The maximum atomic E-state index is 5.44. The van der Waals surface area contributed by atoms with E-state index in [0.717, 1.165) is 37.8 Å². The molecule has 0 amide bonds. The van der Waals surface area contributed by atoms with Crippen molar-refractivity contribution in [3.63, 3.8) is 0 Å². The van der Waals surface area contributed by atoms with E-state index >= 15 is 0 Å². The SMILES string of the molecule is CCOCc1ccc(CNC(=NC)NCCc2cc(C)ccc2OC)cc1. The van der Waals surface area contributed by atoms with Gasteiger partial charge in [-0.3, -0.25) is 4.99 Å². The van der Waals surface area contributed by atoms with Gasteiger partial charge >= 0.3 is 0 Å². The van der Waals surface area contributed by atoms with Crippen molar-refractivity contribution in [2.45, 2.75) is 33.4 Å². The molecule has 0 aliphatic carbocycles. The summed E-state index contributed by atoms with van der Waals surface area (Å²) in [5.74, 6) is 1.72. The van der Waals surface area contributed by atoms with Gasteiger partial charge in [-0.2, -0.15) is 0 Å². The van der Waals surface area contributed by atoms with Crippen LogP contribution in [0.1, 0.15) is 29.2 Å². The summed E-state index contributed by atoms with van der Waals surface area (Å²) in [6.07, 6.45) is 0.873. The Hall–Kier alpha value is -2.53. The Morgan fingerprint density at radius 2 is 1.78 bits per heavy atom. The standard InChI is InChI=1S/C22H31N3O2/c1-5-27-16-19-9-7-18(8-10-19)15-25-22(23-3)24-13-12-20-14-17(2)6-11-21(20)26-4/h6-11,14H,5,12-13,15-16H2,1-4H3,(H2,23,24,25). The summed E-state index contributed by atoms with van der Waals surface area (Å²) in [7, 11) is 3.50. The van der Waals surface area contributed by atoms with Crippen molar-refractivity contribution in [1.29, 1.82) is 0 Å². The Kier molecular flexibility index (Phi) is 8.65. The Balaban J connectivity index is 1.80. The van der Waals surface area contributed by atoms with Gasteiger partial charge in [0.2, 0.25) is 0 Å². The van der Waals surface area contributed by atoms with Crippen molar-refractivity contribution >= 4 is 5.96 Å². The third kappa shape index (κ3) is 6.94. The molecule has 0 aliphatic rings. The maximum absolute atomic E-state index is 5.44. The summed E-state index contributed by atoms with van der Waals surface area (Å²) in [4.78, 5) is 4.30. The second-order valence-electron chi connectivity index (χ2n) is 6.37. The number of aryl methyl sites for hydroxylation is 1. The minimum absolute atomic E-state index is 0.663. The van der Waals surface area contributed by atoms with Gasteiger partial charge < -0.3 is 20.1 Å². The van der Waals surface area contributed by atoms with E-state index in [9.17, 15) is 0 Å². The number of ether oxygens (including phenoxy) is 2. The topological polar surface area (TPSA) is 54.9 Å². The molecule has 27 heavy (non-hydrogen) atoms. The van der Waals surface area contributed by atoms with Gasteiger partial charge in [-0.15, -0.1) is 0 Å². The van der Waals surface area contributed by atoms with Gasteiger partial charge in [0, 0.05) is 26.7 Å². The molecule has 0 saturated carbocycles. The molecule has 0 aromatic heterocycles. The van der Waals surface area contributed by atoms with Gasteiger partial charge in [-0.1, -0.05) is 42.0 Å². The molecule has 2 rings (SSSR count). The van der Waals surface area contributed by atoms with Crippen molar-refractivity contribution in [3.8, 4) is 5.75 Å². The third-order valence-electron chi connectivity index (χ3n) is 4.30. The Labute approximate surface area is 162 Å². The first-order valence-corrected chi connectivity index (χ1v) is 9.39. The second-order valence-corrected chi connectivity index (χ2v) is 6.37. The molecule has 0 spiro atoms. The van der Waals surface area contributed by atoms with Gasteiger partial charge in [-0.25, -0.2) is 0 Å². The van der Waals surface area contributed by atoms with E-state index in [4.69, 9.17) is 9.47 Å². The van der Waals surface area contributed by atoms with Gasteiger partial charge in [-0.05, 0) is 43.0 Å². The van der Waals surface area contributed by atoms with Crippen molar-refractivity contribution in [2.75, 3.05) is 27.3 Å². The Morgan fingerprint density at radius 3 is 2.44 bits per heavy atom. The van der Waals surface area contributed by atoms with E-state index in [0.29, 0.717) is 6.61 Å². The van der Waals surface area contributed by atoms with Crippen molar-refractivity contribution in [2.24, 2.45) is 4.99 Å². The molecule has 146 valence electrons. The van der Waals surface area contributed by atoms with Crippen LogP contribution < -0.4 is 15.4 Å². The second kappa shape index (κ2) is 11.2. The highest BCUT2D eigenvalue weighted by molar-refractivity contribution is 5.79. The van der Waals surface area contributed by atoms with Gasteiger partial charge in [0.25, 0.3) is 0 Å². The predicted octanol–water partition coefficient (Wildman–Crippen LogP) is 3.45. The molecule has 0 heterocycles. The van der Waals surface area contributed by atoms with Crippen LogP contribution >= 0.6 is 0 Å². The highest BCUT2D eigenvalue weighted by atomic mass is 16.5. The number of hydrogen-bond donors (Lipinski definition) is 2. The quantitative estimate of drug-likeness (QED) is 0.525. The highest BCUT2D eigenvalue weighted by Gasteiger charge is 2.04.